The number of hydrogen-bond acceptors (Lipinski definition) is 3. The molecule has 5 nitrogen and oxygen atoms in total. The highest BCUT2D eigenvalue weighted by Gasteiger charge is 2.19. The molecule has 0 atom stereocenters. The van der Waals surface area contributed by atoms with Gasteiger partial charge < -0.3 is 13.9 Å². The molecular formula is C21H21BrN4O. The van der Waals surface area contributed by atoms with Gasteiger partial charge in [0, 0.05) is 19.0 Å². The number of hydrogen-bond donors (Lipinski definition) is 0. The summed E-state index contributed by atoms with van der Waals surface area (Å²) in [5.41, 5.74) is 3.93. The van der Waals surface area contributed by atoms with Gasteiger partial charge in [-0.1, -0.05) is 12.1 Å². The number of fused-ring (bicyclic) bond motifs is 2. The van der Waals surface area contributed by atoms with Crippen LogP contribution in [-0.2, 0) is 13.6 Å². The van der Waals surface area contributed by atoms with Gasteiger partial charge in [-0.25, -0.2) is 9.97 Å². The van der Waals surface area contributed by atoms with Crippen LogP contribution in [0.3, 0.4) is 0 Å². The van der Waals surface area contributed by atoms with Gasteiger partial charge in [-0.2, -0.15) is 0 Å². The minimum Gasteiger partial charge on any atom is -0.494 e. The SMILES string of the molecule is C=CCCCn1c(-c2nc3cccc(OC)c3n2C)cc2ccc(Br)nc21. The average molecular weight is 425 g/mol. The van der Waals surface area contributed by atoms with E-state index in [1.165, 1.54) is 0 Å². The summed E-state index contributed by atoms with van der Waals surface area (Å²) in [4.78, 5) is 9.61. The number of pyridine rings is 1. The van der Waals surface area contributed by atoms with Crippen molar-refractivity contribution in [2.24, 2.45) is 7.05 Å². The van der Waals surface area contributed by atoms with E-state index in [4.69, 9.17) is 14.7 Å². The van der Waals surface area contributed by atoms with Crippen molar-refractivity contribution in [3.63, 3.8) is 0 Å². The van der Waals surface area contributed by atoms with Crippen molar-refractivity contribution in [2.45, 2.75) is 19.4 Å². The number of allylic oxidation sites excluding steroid dienone is 1. The van der Waals surface area contributed by atoms with Gasteiger partial charge in [0.05, 0.1) is 18.3 Å². The van der Waals surface area contributed by atoms with Crippen LogP contribution in [0, 0.1) is 0 Å². The molecule has 0 amide bonds. The summed E-state index contributed by atoms with van der Waals surface area (Å²) in [6.07, 6.45) is 3.92. The Hall–Kier alpha value is -2.60. The Morgan fingerprint density at radius 1 is 1.22 bits per heavy atom. The van der Waals surface area contributed by atoms with Crippen molar-refractivity contribution in [1.82, 2.24) is 19.1 Å². The predicted molar refractivity (Wildman–Crippen MR) is 113 cm³/mol. The zero-order valence-corrected chi connectivity index (χ0v) is 17.0. The Morgan fingerprint density at radius 3 is 2.85 bits per heavy atom. The number of halogens is 1. The molecule has 3 aromatic heterocycles. The fraction of sp³-hybridized carbons (Fsp3) is 0.238. The first-order valence-corrected chi connectivity index (χ1v) is 9.70. The van der Waals surface area contributed by atoms with E-state index in [1.54, 1.807) is 7.11 Å². The Kier molecular flexibility index (Phi) is 4.74. The average Bonchev–Trinajstić information content (AvgIpc) is 3.19. The number of methoxy groups -OCH3 is 1. The molecular weight excluding hydrogens is 404 g/mol. The molecule has 1 aromatic carbocycles. The summed E-state index contributed by atoms with van der Waals surface area (Å²) in [6, 6.07) is 12.2. The molecule has 4 aromatic rings. The molecule has 3 heterocycles. The number of aryl methyl sites for hydroxylation is 2. The van der Waals surface area contributed by atoms with Gasteiger partial charge in [-0.3, -0.25) is 0 Å². The van der Waals surface area contributed by atoms with Crippen molar-refractivity contribution < 1.29 is 4.74 Å². The van der Waals surface area contributed by atoms with E-state index in [0.29, 0.717) is 0 Å². The van der Waals surface area contributed by atoms with Gasteiger partial charge >= 0.3 is 0 Å². The minimum absolute atomic E-state index is 0.823. The lowest BCUT2D eigenvalue weighted by Gasteiger charge is -2.10. The maximum atomic E-state index is 5.54. The number of unbranched alkanes of at least 4 members (excludes halogenated alkanes) is 1. The van der Waals surface area contributed by atoms with E-state index < -0.39 is 0 Å². The van der Waals surface area contributed by atoms with Crippen LogP contribution in [0.25, 0.3) is 33.6 Å². The number of ether oxygens (including phenoxy) is 1. The van der Waals surface area contributed by atoms with Gasteiger partial charge in [0.2, 0.25) is 0 Å². The van der Waals surface area contributed by atoms with E-state index in [2.05, 4.69) is 43.8 Å². The first-order valence-electron chi connectivity index (χ1n) is 8.90. The number of nitrogens with zero attached hydrogens (tertiary/aromatic N) is 4. The van der Waals surface area contributed by atoms with Crippen LogP contribution < -0.4 is 4.74 Å². The van der Waals surface area contributed by atoms with Crippen LogP contribution in [0.5, 0.6) is 5.75 Å². The van der Waals surface area contributed by atoms with Gasteiger partial charge in [-0.05, 0) is 59.1 Å². The Labute approximate surface area is 166 Å². The Bertz CT molecular complexity index is 1140. The molecule has 6 heteroatoms. The highest BCUT2D eigenvalue weighted by atomic mass is 79.9. The number of benzene rings is 1. The molecule has 0 aliphatic carbocycles. The maximum absolute atomic E-state index is 5.54. The van der Waals surface area contributed by atoms with E-state index in [9.17, 15) is 0 Å². The lowest BCUT2D eigenvalue weighted by Crippen LogP contribution is -2.04. The number of aromatic nitrogens is 4. The second-order valence-electron chi connectivity index (χ2n) is 6.48. The molecule has 0 aliphatic heterocycles. The molecule has 0 unspecified atom stereocenters. The largest absolute Gasteiger partial charge is 0.494 e. The van der Waals surface area contributed by atoms with Crippen molar-refractivity contribution in [3.05, 3.63) is 53.7 Å². The summed E-state index contributed by atoms with van der Waals surface area (Å²) in [6.45, 7) is 4.69. The summed E-state index contributed by atoms with van der Waals surface area (Å²) in [5.74, 6) is 1.73. The third-order valence-corrected chi connectivity index (χ3v) is 5.25. The minimum atomic E-state index is 0.823. The van der Waals surface area contributed by atoms with E-state index >= 15 is 0 Å². The van der Waals surface area contributed by atoms with Crippen LogP contribution in [0.15, 0.2) is 53.7 Å². The topological polar surface area (TPSA) is 44.9 Å². The van der Waals surface area contributed by atoms with Crippen molar-refractivity contribution >= 4 is 38.0 Å². The third kappa shape index (κ3) is 3.04. The first kappa shape index (κ1) is 17.8. The molecule has 0 spiro atoms. The summed E-state index contributed by atoms with van der Waals surface area (Å²) >= 11 is 3.50. The molecule has 0 bridgehead atoms. The zero-order valence-electron chi connectivity index (χ0n) is 15.4. The highest BCUT2D eigenvalue weighted by Crippen LogP contribution is 2.33. The monoisotopic (exact) mass is 424 g/mol. The molecule has 0 N–H and O–H groups in total. The zero-order chi connectivity index (χ0) is 19.0. The lowest BCUT2D eigenvalue weighted by molar-refractivity contribution is 0.418. The van der Waals surface area contributed by atoms with E-state index in [-0.39, 0.29) is 0 Å². The number of para-hydroxylation sites is 1. The number of imidazole rings is 1. The Balaban J connectivity index is 1.95. The molecule has 0 saturated carbocycles. The smallest absolute Gasteiger partial charge is 0.157 e. The fourth-order valence-corrected chi connectivity index (χ4v) is 3.84. The quantitative estimate of drug-likeness (QED) is 0.238. The second kappa shape index (κ2) is 7.19. The summed E-state index contributed by atoms with van der Waals surface area (Å²) in [7, 11) is 3.72. The molecule has 0 saturated heterocycles. The van der Waals surface area contributed by atoms with Gasteiger partial charge in [0.1, 0.15) is 21.5 Å². The fourth-order valence-electron chi connectivity index (χ4n) is 3.54. The summed E-state index contributed by atoms with van der Waals surface area (Å²) in [5, 5.41) is 1.10. The van der Waals surface area contributed by atoms with Crippen molar-refractivity contribution in [2.75, 3.05) is 7.11 Å². The third-order valence-electron chi connectivity index (χ3n) is 4.81. The van der Waals surface area contributed by atoms with E-state index in [0.717, 1.165) is 63.3 Å². The molecule has 4 rings (SSSR count). The maximum Gasteiger partial charge on any atom is 0.157 e. The van der Waals surface area contributed by atoms with Crippen molar-refractivity contribution in [3.8, 4) is 17.3 Å². The van der Waals surface area contributed by atoms with Gasteiger partial charge in [-0.15, -0.1) is 6.58 Å². The summed E-state index contributed by atoms with van der Waals surface area (Å²) < 4.78 is 10.7. The molecule has 27 heavy (non-hydrogen) atoms. The van der Waals surface area contributed by atoms with Gasteiger partial charge in [0.15, 0.2) is 5.82 Å². The van der Waals surface area contributed by atoms with Gasteiger partial charge in [0.25, 0.3) is 0 Å². The van der Waals surface area contributed by atoms with Crippen LogP contribution in [0.2, 0.25) is 0 Å². The molecule has 0 aliphatic rings. The standard InChI is InChI=1S/C21H21BrN4O/c1-4-5-6-12-26-16(13-14-10-11-18(22)24-20(14)26)21-23-15-8-7-9-17(27-3)19(15)25(21)2/h4,7-11,13H,1,5-6,12H2,2-3H3. The molecule has 0 fully saturated rings. The molecule has 138 valence electrons. The normalized spacial score (nSPS) is 11.4. The van der Waals surface area contributed by atoms with Crippen molar-refractivity contribution in [1.29, 1.82) is 0 Å². The first-order chi connectivity index (χ1) is 13.1. The molecule has 0 radical (unpaired) electrons. The lowest BCUT2D eigenvalue weighted by atomic mass is 10.3. The number of rotatable bonds is 6. The van der Waals surface area contributed by atoms with Crippen LogP contribution in [0.4, 0.5) is 0 Å². The van der Waals surface area contributed by atoms with Crippen LogP contribution in [0.1, 0.15) is 12.8 Å². The van der Waals surface area contributed by atoms with E-state index in [1.807, 2.05) is 37.4 Å². The van der Waals surface area contributed by atoms with Crippen LogP contribution in [-0.4, -0.2) is 26.2 Å². The van der Waals surface area contributed by atoms with Crippen LogP contribution >= 0.6 is 15.9 Å². The highest BCUT2D eigenvalue weighted by molar-refractivity contribution is 9.10. The second-order valence-corrected chi connectivity index (χ2v) is 7.29. The predicted octanol–water partition coefficient (Wildman–Crippen LogP) is 5.33. The Morgan fingerprint density at radius 2 is 2.07 bits per heavy atom.